The van der Waals surface area contributed by atoms with Crippen LogP contribution in [-0.4, -0.2) is 31.1 Å². The Hall–Kier alpha value is -0.0800. The van der Waals surface area contributed by atoms with Crippen LogP contribution in [-0.2, 0) is 0 Å². The summed E-state index contributed by atoms with van der Waals surface area (Å²) in [5.74, 6) is 0. The Bertz CT molecular complexity index is 127. The van der Waals surface area contributed by atoms with Gasteiger partial charge in [0, 0.05) is 6.04 Å². The Balaban J connectivity index is 3.76. The van der Waals surface area contributed by atoms with Crippen molar-refractivity contribution in [1.82, 2.24) is 4.90 Å². The second-order valence-corrected chi connectivity index (χ2v) is 5.02. The SMILES string of the molecule is CC(N(C)CCCCN)C(C)(C)C. The fourth-order valence-electron chi connectivity index (χ4n) is 1.36. The van der Waals surface area contributed by atoms with Crippen LogP contribution in [0.15, 0.2) is 0 Å². The molecule has 0 rings (SSSR count). The third kappa shape index (κ3) is 5.27. The van der Waals surface area contributed by atoms with Gasteiger partial charge in [0.05, 0.1) is 0 Å². The molecule has 2 heteroatoms. The summed E-state index contributed by atoms with van der Waals surface area (Å²) in [5.41, 5.74) is 5.83. The molecule has 0 aromatic rings. The van der Waals surface area contributed by atoms with Crippen molar-refractivity contribution in [2.45, 2.75) is 46.6 Å². The number of rotatable bonds is 5. The maximum absolute atomic E-state index is 5.46. The van der Waals surface area contributed by atoms with E-state index in [2.05, 4.69) is 39.6 Å². The summed E-state index contributed by atoms with van der Waals surface area (Å²) in [6, 6.07) is 0.630. The molecule has 1 unspecified atom stereocenters. The average Bonchev–Trinajstić information content (AvgIpc) is 2.01. The molecule has 0 aromatic carbocycles. The minimum atomic E-state index is 0.372. The van der Waals surface area contributed by atoms with E-state index in [1.807, 2.05) is 0 Å². The highest BCUT2D eigenvalue weighted by Crippen LogP contribution is 2.22. The van der Waals surface area contributed by atoms with E-state index in [1.54, 1.807) is 0 Å². The predicted octanol–water partition coefficient (Wildman–Crippen LogP) is 2.09. The first-order valence-corrected chi connectivity index (χ1v) is 5.30. The Kier molecular flexibility index (Phi) is 5.57. The number of nitrogens with zero attached hydrogens (tertiary/aromatic N) is 1. The molecule has 13 heavy (non-hydrogen) atoms. The minimum Gasteiger partial charge on any atom is -0.330 e. The van der Waals surface area contributed by atoms with E-state index in [1.165, 1.54) is 6.42 Å². The summed E-state index contributed by atoms with van der Waals surface area (Å²) in [6.45, 7) is 11.1. The van der Waals surface area contributed by atoms with Gasteiger partial charge in [-0.25, -0.2) is 0 Å². The summed E-state index contributed by atoms with van der Waals surface area (Å²) < 4.78 is 0. The van der Waals surface area contributed by atoms with Crippen molar-refractivity contribution in [2.75, 3.05) is 20.1 Å². The van der Waals surface area contributed by atoms with Gasteiger partial charge in [0.1, 0.15) is 0 Å². The number of hydrogen-bond acceptors (Lipinski definition) is 2. The molecule has 2 N–H and O–H groups in total. The van der Waals surface area contributed by atoms with E-state index in [9.17, 15) is 0 Å². The topological polar surface area (TPSA) is 29.3 Å². The van der Waals surface area contributed by atoms with Crippen molar-refractivity contribution in [2.24, 2.45) is 11.1 Å². The third-order valence-corrected chi connectivity index (χ3v) is 2.88. The molecule has 0 aliphatic rings. The van der Waals surface area contributed by atoms with Gasteiger partial charge in [0.15, 0.2) is 0 Å². The number of hydrogen-bond donors (Lipinski definition) is 1. The lowest BCUT2D eigenvalue weighted by Gasteiger charge is -2.35. The van der Waals surface area contributed by atoms with Crippen LogP contribution < -0.4 is 5.73 Å². The highest BCUT2D eigenvalue weighted by molar-refractivity contribution is 4.77. The monoisotopic (exact) mass is 186 g/mol. The molecule has 0 fully saturated rings. The molecule has 0 bridgehead atoms. The second kappa shape index (κ2) is 5.61. The summed E-state index contributed by atoms with van der Waals surface area (Å²) in [6.07, 6.45) is 2.36. The van der Waals surface area contributed by atoms with Crippen molar-refractivity contribution in [3.63, 3.8) is 0 Å². The van der Waals surface area contributed by atoms with Gasteiger partial charge in [0.25, 0.3) is 0 Å². The van der Waals surface area contributed by atoms with Gasteiger partial charge < -0.3 is 10.6 Å². The van der Waals surface area contributed by atoms with Gasteiger partial charge in [0.2, 0.25) is 0 Å². The maximum atomic E-state index is 5.46. The minimum absolute atomic E-state index is 0.372. The summed E-state index contributed by atoms with van der Waals surface area (Å²) in [4.78, 5) is 2.43. The Labute approximate surface area is 83.5 Å². The van der Waals surface area contributed by atoms with Crippen LogP contribution in [0.1, 0.15) is 40.5 Å². The van der Waals surface area contributed by atoms with Crippen LogP contribution in [0, 0.1) is 5.41 Å². The molecule has 0 spiro atoms. The lowest BCUT2D eigenvalue weighted by Crippen LogP contribution is -2.39. The van der Waals surface area contributed by atoms with Gasteiger partial charge in [-0.1, -0.05) is 20.8 Å². The normalized spacial score (nSPS) is 15.0. The lowest BCUT2D eigenvalue weighted by molar-refractivity contribution is 0.139. The zero-order valence-electron chi connectivity index (χ0n) is 9.93. The Morgan fingerprint density at radius 3 is 2.15 bits per heavy atom. The maximum Gasteiger partial charge on any atom is 0.0112 e. The quantitative estimate of drug-likeness (QED) is 0.666. The van der Waals surface area contributed by atoms with Gasteiger partial charge >= 0.3 is 0 Å². The first-order valence-electron chi connectivity index (χ1n) is 5.30. The highest BCUT2D eigenvalue weighted by atomic mass is 15.1. The van der Waals surface area contributed by atoms with Crippen molar-refractivity contribution < 1.29 is 0 Å². The van der Waals surface area contributed by atoms with E-state index in [4.69, 9.17) is 5.73 Å². The van der Waals surface area contributed by atoms with E-state index < -0.39 is 0 Å². The molecule has 1 atom stereocenters. The van der Waals surface area contributed by atoms with E-state index in [0.29, 0.717) is 11.5 Å². The molecule has 0 heterocycles. The second-order valence-electron chi connectivity index (χ2n) is 5.02. The fraction of sp³-hybridized carbons (Fsp3) is 1.00. The highest BCUT2D eigenvalue weighted by Gasteiger charge is 2.22. The average molecular weight is 186 g/mol. The Morgan fingerprint density at radius 2 is 1.77 bits per heavy atom. The van der Waals surface area contributed by atoms with Crippen molar-refractivity contribution in [1.29, 1.82) is 0 Å². The van der Waals surface area contributed by atoms with E-state index in [-0.39, 0.29) is 0 Å². The van der Waals surface area contributed by atoms with Crippen molar-refractivity contribution in [3.8, 4) is 0 Å². The number of nitrogens with two attached hydrogens (primary N) is 1. The van der Waals surface area contributed by atoms with Crippen molar-refractivity contribution >= 4 is 0 Å². The standard InChI is InChI=1S/C11H26N2/c1-10(11(2,3)4)13(5)9-7-6-8-12/h10H,6-9,12H2,1-5H3. The largest absolute Gasteiger partial charge is 0.330 e. The molecule has 0 amide bonds. The summed E-state index contributed by atoms with van der Waals surface area (Å²) in [7, 11) is 2.20. The molecule has 2 nitrogen and oxygen atoms in total. The molecule has 0 radical (unpaired) electrons. The van der Waals surface area contributed by atoms with E-state index >= 15 is 0 Å². The molecule has 0 saturated heterocycles. The first-order chi connectivity index (χ1) is 5.89. The lowest BCUT2D eigenvalue weighted by atomic mass is 9.87. The zero-order valence-corrected chi connectivity index (χ0v) is 9.93. The zero-order chi connectivity index (χ0) is 10.5. The summed E-state index contributed by atoms with van der Waals surface area (Å²) >= 11 is 0. The number of unbranched alkanes of at least 4 members (excludes halogenated alkanes) is 1. The molecule has 80 valence electrons. The van der Waals surface area contributed by atoms with Crippen LogP contribution >= 0.6 is 0 Å². The van der Waals surface area contributed by atoms with Crippen LogP contribution in [0.5, 0.6) is 0 Å². The molecule has 0 aliphatic heterocycles. The van der Waals surface area contributed by atoms with Gasteiger partial charge in [-0.05, 0) is 45.3 Å². The molecule has 0 aliphatic carbocycles. The van der Waals surface area contributed by atoms with Gasteiger partial charge in [-0.3, -0.25) is 0 Å². The molecule has 0 saturated carbocycles. The molecular weight excluding hydrogens is 160 g/mol. The predicted molar refractivity (Wildman–Crippen MR) is 59.8 cm³/mol. The summed E-state index contributed by atoms with van der Waals surface area (Å²) in [5, 5.41) is 0. The Morgan fingerprint density at radius 1 is 1.23 bits per heavy atom. The van der Waals surface area contributed by atoms with Crippen LogP contribution in [0.25, 0.3) is 0 Å². The first kappa shape index (κ1) is 12.9. The van der Waals surface area contributed by atoms with Crippen LogP contribution in [0.2, 0.25) is 0 Å². The van der Waals surface area contributed by atoms with E-state index in [0.717, 1.165) is 19.5 Å². The third-order valence-electron chi connectivity index (χ3n) is 2.88. The molecule has 0 aromatic heterocycles. The van der Waals surface area contributed by atoms with Gasteiger partial charge in [-0.15, -0.1) is 0 Å². The van der Waals surface area contributed by atoms with Crippen LogP contribution in [0.4, 0.5) is 0 Å². The van der Waals surface area contributed by atoms with Crippen molar-refractivity contribution in [3.05, 3.63) is 0 Å². The fourth-order valence-corrected chi connectivity index (χ4v) is 1.36. The van der Waals surface area contributed by atoms with Gasteiger partial charge in [-0.2, -0.15) is 0 Å². The molecular formula is C11H26N2. The smallest absolute Gasteiger partial charge is 0.0112 e. The van der Waals surface area contributed by atoms with Crippen LogP contribution in [0.3, 0.4) is 0 Å².